The number of fused-ring (bicyclic) bond motifs is 5. The Hall–Kier alpha value is -3.73. The molecule has 3 heterocycles. The Morgan fingerprint density at radius 1 is 1.00 bits per heavy atom. The summed E-state index contributed by atoms with van der Waals surface area (Å²) in [6.45, 7) is 3.05. The van der Waals surface area contributed by atoms with Crippen LogP contribution in [-0.2, 0) is 11.3 Å². The molecule has 0 unspecified atom stereocenters. The average Bonchev–Trinajstić information content (AvgIpc) is 3.49. The second kappa shape index (κ2) is 10.6. The molecule has 1 amide bonds. The van der Waals surface area contributed by atoms with Crippen molar-refractivity contribution in [2.75, 3.05) is 12.4 Å². The van der Waals surface area contributed by atoms with Crippen LogP contribution in [0.25, 0.3) is 32.7 Å². The van der Waals surface area contributed by atoms with Gasteiger partial charge in [0.15, 0.2) is 20.4 Å². The van der Waals surface area contributed by atoms with E-state index in [1.165, 1.54) is 23.1 Å². The van der Waals surface area contributed by atoms with Gasteiger partial charge in [-0.15, -0.1) is 0 Å². The molecule has 0 radical (unpaired) electrons. The zero-order chi connectivity index (χ0) is 26.1. The first-order chi connectivity index (χ1) is 18.6. The lowest BCUT2D eigenvalue weighted by atomic mass is 10.2. The predicted octanol–water partition coefficient (Wildman–Crippen LogP) is 6.42. The third-order valence-corrected chi connectivity index (χ3v) is 8.31. The highest BCUT2D eigenvalue weighted by Crippen LogP contribution is 2.34. The summed E-state index contributed by atoms with van der Waals surface area (Å²) in [5.41, 5.74) is 5.26. The Bertz CT molecular complexity index is 1830. The van der Waals surface area contributed by atoms with Gasteiger partial charge in [-0.2, -0.15) is 0 Å². The summed E-state index contributed by atoms with van der Waals surface area (Å²) < 4.78 is 11.2. The van der Waals surface area contributed by atoms with Gasteiger partial charge in [-0.3, -0.25) is 13.8 Å². The molecule has 0 aliphatic rings. The quantitative estimate of drug-likeness (QED) is 0.132. The molecule has 7 nitrogen and oxygen atoms in total. The van der Waals surface area contributed by atoms with E-state index in [2.05, 4.69) is 5.32 Å². The van der Waals surface area contributed by atoms with E-state index in [0.29, 0.717) is 22.3 Å². The first-order valence-electron chi connectivity index (χ1n) is 12.1. The number of imidazole rings is 1. The highest BCUT2D eigenvalue weighted by Gasteiger charge is 2.20. The number of carbonyl (C=O) groups is 1. The molecule has 0 saturated carbocycles. The molecule has 3 aromatic carbocycles. The van der Waals surface area contributed by atoms with E-state index >= 15 is 0 Å². The highest BCUT2D eigenvalue weighted by molar-refractivity contribution is 7.99. The van der Waals surface area contributed by atoms with Crippen LogP contribution in [-0.4, -0.2) is 37.2 Å². The molecule has 6 aromatic rings. The number of amides is 1. The van der Waals surface area contributed by atoms with Gasteiger partial charge >= 0.3 is 0 Å². The van der Waals surface area contributed by atoms with Crippen LogP contribution in [0, 0.1) is 3.95 Å². The van der Waals surface area contributed by atoms with Crippen LogP contribution in [0.15, 0.2) is 84.0 Å². The van der Waals surface area contributed by atoms with E-state index in [0.717, 1.165) is 44.0 Å². The van der Waals surface area contributed by atoms with E-state index in [4.69, 9.17) is 26.9 Å². The number of hydrogen-bond acceptors (Lipinski definition) is 7. The average molecular weight is 558 g/mol. The van der Waals surface area contributed by atoms with Gasteiger partial charge in [-0.05, 0) is 61.1 Å². The Morgan fingerprint density at radius 2 is 1.76 bits per heavy atom. The molecule has 0 aliphatic carbocycles. The Balaban J connectivity index is 1.41. The molecule has 190 valence electrons. The molecular formula is C28H23N5O2S3. The molecule has 0 bridgehead atoms. The molecule has 10 heteroatoms. The second-order valence-corrected chi connectivity index (χ2v) is 11.1. The standard InChI is InChI=1S/C28H23N5O2S3/c1-2-35-20-14-12-19(13-15-20)32-26-24(38-28(32)36)25-30-21-10-6-7-11-22(21)33(25)27(31-26)37-17-23(34)29-16-18-8-4-3-5-9-18/h3-15H,2,16-17H2,1H3,(H,29,34). The maximum atomic E-state index is 12.8. The van der Waals surface area contributed by atoms with E-state index in [-0.39, 0.29) is 11.7 Å². The Labute approximate surface area is 232 Å². The van der Waals surface area contributed by atoms with Crippen LogP contribution in [0.4, 0.5) is 0 Å². The summed E-state index contributed by atoms with van der Waals surface area (Å²) in [7, 11) is 0. The largest absolute Gasteiger partial charge is 0.494 e. The fourth-order valence-corrected chi connectivity index (χ4v) is 6.47. The van der Waals surface area contributed by atoms with Gasteiger partial charge in [-0.25, -0.2) is 9.97 Å². The fourth-order valence-electron chi connectivity index (χ4n) is 4.29. The van der Waals surface area contributed by atoms with Crippen LogP contribution in [0.3, 0.4) is 0 Å². The van der Waals surface area contributed by atoms with Crippen molar-refractivity contribution >= 4 is 68.3 Å². The zero-order valence-corrected chi connectivity index (χ0v) is 22.9. The summed E-state index contributed by atoms with van der Waals surface area (Å²) in [4.78, 5) is 22.7. The van der Waals surface area contributed by atoms with Crippen molar-refractivity contribution in [2.45, 2.75) is 18.6 Å². The number of nitrogens with zero attached hydrogens (tertiary/aromatic N) is 4. The smallest absolute Gasteiger partial charge is 0.230 e. The molecule has 0 spiro atoms. The van der Waals surface area contributed by atoms with Gasteiger partial charge in [-0.1, -0.05) is 65.6 Å². The summed E-state index contributed by atoms with van der Waals surface area (Å²) in [5.74, 6) is 0.961. The lowest BCUT2D eigenvalue weighted by Crippen LogP contribution is -2.24. The van der Waals surface area contributed by atoms with Gasteiger partial charge < -0.3 is 10.1 Å². The van der Waals surface area contributed by atoms with E-state index in [9.17, 15) is 4.79 Å². The van der Waals surface area contributed by atoms with Gasteiger partial charge in [0.2, 0.25) is 5.91 Å². The van der Waals surface area contributed by atoms with E-state index in [1.54, 1.807) is 0 Å². The molecule has 0 saturated heterocycles. The number of para-hydroxylation sites is 2. The summed E-state index contributed by atoms with van der Waals surface area (Å²) in [6.07, 6.45) is 0. The minimum absolute atomic E-state index is 0.0630. The molecule has 0 atom stereocenters. The van der Waals surface area contributed by atoms with Gasteiger partial charge in [0.25, 0.3) is 0 Å². The number of benzene rings is 3. The molecule has 0 aliphatic heterocycles. The topological polar surface area (TPSA) is 73.5 Å². The van der Waals surface area contributed by atoms with Crippen LogP contribution in [0.1, 0.15) is 12.5 Å². The monoisotopic (exact) mass is 557 g/mol. The summed E-state index contributed by atoms with van der Waals surface area (Å²) in [5, 5.41) is 3.68. The van der Waals surface area contributed by atoms with Gasteiger partial charge in [0, 0.05) is 12.2 Å². The first-order valence-corrected chi connectivity index (χ1v) is 14.3. The maximum absolute atomic E-state index is 12.8. The second-order valence-electron chi connectivity index (χ2n) is 8.49. The number of hydrogen-bond donors (Lipinski definition) is 1. The molecule has 0 fully saturated rings. The Kier molecular flexibility index (Phi) is 6.84. The third-order valence-electron chi connectivity index (χ3n) is 6.01. The van der Waals surface area contributed by atoms with Crippen molar-refractivity contribution in [3.8, 4) is 11.4 Å². The maximum Gasteiger partial charge on any atom is 0.230 e. The first kappa shape index (κ1) is 24.6. The number of rotatable bonds is 8. The third kappa shape index (κ3) is 4.66. The van der Waals surface area contributed by atoms with Gasteiger partial charge in [0.1, 0.15) is 10.4 Å². The van der Waals surface area contributed by atoms with E-state index in [1.807, 2.05) is 94.8 Å². The van der Waals surface area contributed by atoms with Gasteiger partial charge in [0.05, 0.1) is 23.4 Å². The van der Waals surface area contributed by atoms with Crippen LogP contribution >= 0.6 is 35.3 Å². The van der Waals surface area contributed by atoms with E-state index < -0.39 is 0 Å². The SMILES string of the molecule is CCOc1ccc(-n2c(=S)sc3c2nc(SCC(=O)NCc2ccccc2)n2c4ccccc4nc32)cc1. The van der Waals surface area contributed by atoms with Crippen molar-refractivity contribution in [3.05, 3.63) is 88.4 Å². The van der Waals surface area contributed by atoms with Crippen LogP contribution < -0.4 is 10.1 Å². The summed E-state index contributed by atoms with van der Waals surface area (Å²) in [6, 6.07) is 25.6. The van der Waals surface area contributed by atoms with Crippen LogP contribution in [0.5, 0.6) is 5.75 Å². The lowest BCUT2D eigenvalue weighted by Gasteiger charge is -2.10. The molecule has 38 heavy (non-hydrogen) atoms. The normalized spacial score (nSPS) is 11.4. The van der Waals surface area contributed by atoms with Crippen molar-refractivity contribution < 1.29 is 9.53 Å². The predicted molar refractivity (Wildman–Crippen MR) is 156 cm³/mol. The number of ether oxygens (including phenoxy) is 1. The molecule has 3 aromatic heterocycles. The zero-order valence-electron chi connectivity index (χ0n) is 20.5. The minimum Gasteiger partial charge on any atom is -0.494 e. The number of thiazole rings is 1. The molecule has 1 N–H and O–H groups in total. The summed E-state index contributed by atoms with van der Waals surface area (Å²) >= 11 is 8.67. The highest BCUT2D eigenvalue weighted by atomic mass is 32.2. The lowest BCUT2D eigenvalue weighted by molar-refractivity contribution is -0.118. The minimum atomic E-state index is -0.0630. The fraction of sp³-hybridized carbons (Fsp3) is 0.143. The number of nitrogens with one attached hydrogen (secondary N) is 1. The number of thioether (sulfide) groups is 1. The number of aromatic nitrogens is 4. The van der Waals surface area contributed by atoms with Crippen molar-refractivity contribution in [1.29, 1.82) is 0 Å². The number of carbonyl (C=O) groups excluding carboxylic acids is 1. The van der Waals surface area contributed by atoms with Crippen LogP contribution in [0.2, 0.25) is 0 Å². The Morgan fingerprint density at radius 3 is 2.55 bits per heavy atom. The molecular weight excluding hydrogens is 535 g/mol. The van der Waals surface area contributed by atoms with Crippen molar-refractivity contribution in [3.63, 3.8) is 0 Å². The van der Waals surface area contributed by atoms with Crippen molar-refractivity contribution in [1.82, 2.24) is 24.3 Å². The van der Waals surface area contributed by atoms with Crippen molar-refractivity contribution in [2.24, 2.45) is 0 Å². The molecule has 6 rings (SSSR count).